The molecule has 7 nitrogen and oxygen atoms in total. The Hall–Kier alpha value is -1.94. The van der Waals surface area contributed by atoms with Crippen LogP contribution in [0.1, 0.15) is 24.3 Å². The van der Waals surface area contributed by atoms with Crippen molar-refractivity contribution in [2.45, 2.75) is 24.3 Å². The zero-order valence-electron chi connectivity index (χ0n) is 16.3. The lowest BCUT2D eigenvalue weighted by Gasteiger charge is -2.23. The van der Waals surface area contributed by atoms with Gasteiger partial charge in [-0.05, 0) is 56.7 Å². The highest BCUT2D eigenvalue weighted by Crippen LogP contribution is 2.22. The van der Waals surface area contributed by atoms with Crippen LogP contribution in [0.5, 0.6) is 5.75 Å². The third kappa shape index (κ3) is 6.59. The molecule has 1 amide bonds. The molecule has 0 aliphatic rings. The van der Waals surface area contributed by atoms with Gasteiger partial charge in [0.05, 0.1) is 17.5 Å². The van der Waals surface area contributed by atoms with Crippen molar-refractivity contribution < 1.29 is 17.9 Å². The van der Waals surface area contributed by atoms with Crippen LogP contribution in [-0.4, -0.2) is 53.0 Å². The van der Waals surface area contributed by atoms with E-state index in [9.17, 15) is 13.2 Å². The van der Waals surface area contributed by atoms with E-state index >= 15 is 0 Å². The van der Waals surface area contributed by atoms with E-state index in [0.717, 1.165) is 0 Å². The molecule has 0 radical (unpaired) electrons. The maximum absolute atomic E-state index is 12.3. The molecule has 0 saturated heterocycles. The number of likely N-dealkylation sites (N-methyl/N-ethyl adjacent to an activating group) is 1. The van der Waals surface area contributed by atoms with E-state index < -0.39 is 10.0 Å². The Bertz CT molecular complexity index is 835. The molecule has 0 bridgehead atoms. The maximum Gasteiger partial charge on any atom is 0.240 e. The maximum atomic E-state index is 12.3. The van der Waals surface area contributed by atoms with E-state index in [1.54, 1.807) is 23.5 Å². The number of benzene rings is 1. The van der Waals surface area contributed by atoms with Gasteiger partial charge in [0, 0.05) is 24.4 Å². The second-order valence-electron chi connectivity index (χ2n) is 6.35. The molecule has 0 saturated carbocycles. The van der Waals surface area contributed by atoms with Crippen LogP contribution in [0.25, 0.3) is 0 Å². The quantitative estimate of drug-likeness (QED) is 0.576. The first-order valence-corrected chi connectivity index (χ1v) is 11.4. The highest BCUT2D eigenvalue weighted by molar-refractivity contribution is 7.89. The lowest BCUT2D eigenvalue weighted by molar-refractivity contribution is -0.121. The fourth-order valence-electron chi connectivity index (χ4n) is 2.58. The van der Waals surface area contributed by atoms with Crippen LogP contribution in [0.4, 0.5) is 0 Å². The first-order valence-electron chi connectivity index (χ1n) is 9.02. The minimum absolute atomic E-state index is 0.0347. The minimum Gasteiger partial charge on any atom is -0.494 e. The van der Waals surface area contributed by atoms with Crippen molar-refractivity contribution in [3.05, 3.63) is 46.7 Å². The van der Waals surface area contributed by atoms with Crippen LogP contribution in [0, 0.1) is 0 Å². The lowest BCUT2D eigenvalue weighted by atomic mass is 10.2. The lowest BCUT2D eigenvalue weighted by Crippen LogP contribution is -2.36. The molecule has 1 atom stereocenters. The summed E-state index contributed by atoms with van der Waals surface area (Å²) in [6.07, 6.45) is 0.0703. The van der Waals surface area contributed by atoms with Gasteiger partial charge in [-0.3, -0.25) is 4.79 Å². The number of nitrogens with zero attached hydrogens (tertiary/aromatic N) is 1. The number of amides is 1. The smallest absolute Gasteiger partial charge is 0.240 e. The second kappa shape index (κ2) is 10.6. The summed E-state index contributed by atoms with van der Waals surface area (Å²) in [7, 11) is 0.260. The predicted molar refractivity (Wildman–Crippen MR) is 111 cm³/mol. The molecule has 1 heterocycles. The van der Waals surface area contributed by atoms with E-state index in [4.69, 9.17) is 4.74 Å². The summed E-state index contributed by atoms with van der Waals surface area (Å²) in [6.45, 7) is 2.88. The predicted octanol–water partition coefficient (Wildman–Crippen LogP) is 2.23. The standard InChI is InChI=1S/C19H27N3O4S2/c1-4-26-15-7-9-16(10-8-15)28(24,25)21-12-11-19(23)20-14-17(22(2)3)18-6-5-13-27-18/h5-10,13,17,21H,4,11-12,14H2,1-3H3,(H,20,23)/t17-/m1/s1. The number of thiophene rings is 1. The second-order valence-corrected chi connectivity index (χ2v) is 9.10. The molecule has 2 rings (SSSR count). The molecule has 28 heavy (non-hydrogen) atoms. The molecule has 0 unspecified atom stereocenters. The zero-order valence-corrected chi connectivity index (χ0v) is 18.0. The molecule has 0 aliphatic heterocycles. The van der Waals surface area contributed by atoms with E-state index in [0.29, 0.717) is 18.9 Å². The molecule has 154 valence electrons. The Morgan fingerprint density at radius 1 is 1.21 bits per heavy atom. The van der Waals surface area contributed by atoms with Crippen LogP contribution in [0.2, 0.25) is 0 Å². The van der Waals surface area contributed by atoms with Gasteiger partial charge >= 0.3 is 0 Å². The van der Waals surface area contributed by atoms with Crippen molar-refractivity contribution >= 4 is 27.3 Å². The van der Waals surface area contributed by atoms with Gasteiger partial charge in [0.1, 0.15) is 5.75 Å². The molecule has 0 spiro atoms. The minimum atomic E-state index is -3.66. The van der Waals surface area contributed by atoms with Gasteiger partial charge in [-0.15, -0.1) is 11.3 Å². The SMILES string of the molecule is CCOc1ccc(S(=O)(=O)NCCC(=O)NC[C@H](c2cccs2)N(C)C)cc1. The van der Waals surface area contributed by atoms with Gasteiger partial charge in [-0.25, -0.2) is 13.1 Å². The summed E-state index contributed by atoms with van der Waals surface area (Å²) in [6, 6.07) is 10.3. The molecule has 2 aromatic rings. The number of rotatable bonds is 11. The van der Waals surface area contributed by atoms with Gasteiger partial charge in [0.15, 0.2) is 0 Å². The topological polar surface area (TPSA) is 87.7 Å². The molecular formula is C19H27N3O4S2. The number of carbonyl (C=O) groups is 1. The number of nitrogens with one attached hydrogen (secondary N) is 2. The third-order valence-electron chi connectivity index (χ3n) is 4.08. The largest absolute Gasteiger partial charge is 0.494 e. The Morgan fingerprint density at radius 2 is 1.93 bits per heavy atom. The molecule has 0 fully saturated rings. The van der Waals surface area contributed by atoms with Crippen molar-refractivity contribution in [3.8, 4) is 5.75 Å². The Morgan fingerprint density at radius 3 is 2.50 bits per heavy atom. The highest BCUT2D eigenvalue weighted by Gasteiger charge is 2.17. The number of ether oxygens (including phenoxy) is 1. The number of hydrogen-bond donors (Lipinski definition) is 2. The van der Waals surface area contributed by atoms with E-state index in [-0.39, 0.29) is 29.8 Å². The van der Waals surface area contributed by atoms with Crippen LogP contribution in [-0.2, 0) is 14.8 Å². The van der Waals surface area contributed by atoms with E-state index in [1.807, 2.05) is 43.4 Å². The summed E-state index contributed by atoms with van der Waals surface area (Å²) in [4.78, 5) is 15.5. The average molecular weight is 426 g/mol. The summed E-state index contributed by atoms with van der Waals surface area (Å²) >= 11 is 1.64. The van der Waals surface area contributed by atoms with E-state index in [2.05, 4.69) is 10.0 Å². The van der Waals surface area contributed by atoms with Crippen LogP contribution in [0.3, 0.4) is 0 Å². The summed E-state index contributed by atoms with van der Waals surface area (Å²) in [5, 5.41) is 4.88. The molecule has 1 aromatic heterocycles. The first kappa shape index (κ1) is 22.4. The molecule has 9 heteroatoms. The first-order chi connectivity index (χ1) is 13.3. The third-order valence-corrected chi connectivity index (χ3v) is 6.53. The average Bonchev–Trinajstić information content (AvgIpc) is 3.16. The van der Waals surface area contributed by atoms with Crippen LogP contribution >= 0.6 is 11.3 Å². The summed E-state index contributed by atoms with van der Waals surface area (Å²) in [5.74, 6) is 0.416. The van der Waals surface area contributed by atoms with Crippen LogP contribution < -0.4 is 14.8 Å². The molecule has 2 N–H and O–H groups in total. The normalized spacial score (nSPS) is 12.7. The van der Waals surface area contributed by atoms with Gasteiger partial charge in [0.25, 0.3) is 0 Å². The van der Waals surface area contributed by atoms with Gasteiger partial charge in [-0.2, -0.15) is 0 Å². The van der Waals surface area contributed by atoms with Crippen molar-refractivity contribution in [2.75, 3.05) is 33.8 Å². The fraction of sp³-hybridized carbons (Fsp3) is 0.421. The zero-order chi connectivity index (χ0) is 20.6. The molecular weight excluding hydrogens is 398 g/mol. The summed E-state index contributed by atoms with van der Waals surface area (Å²) in [5.41, 5.74) is 0. The van der Waals surface area contributed by atoms with Crippen molar-refractivity contribution in [3.63, 3.8) is 0 Å². The number of hydrogen-bond acceptors (Lipinski definition) is 6. The van der Waals surface area contributed by atoms with E-state index in [1.165, 1.54) is 17.0 Å². The molecule has 0 aliphatic carbocycles. The Balaban J connectivity index is 1.80. The number of sulfonamides is 1. The Labute approximate surface area is 170 Å². The van der Waals surface area contributed by atoms with Gasteiger partial charge in [0.2, 0.25) is 15.9 Å². The monoisotopic (exact) mass is 425 g/mol. The fourth-order valence-corrected chi connectivity index (χ4v) is 4.54. The molecule has 1 aromatic carbocycles. The summed E-state index contributed by atoms with van der Waals surface area (Å²) < 4.78 is 32.4. The van der Waals surface area contributed by atoms with Crippen molar-refractivity contribution in [1.29, 1.82) is 0 Å². The van der Waals surface area contributed by atoms with Gasteiger partial charge < -0.3 is 15.0 Å². The van der Waals surface area contributed by atoms with Crippen molar-refractivity contribution in [1.82, 2.24) is 14.9 Å². The van der Waals surface area contributed by atoms with Gasteiger partial charge in [-0.1, -0.05) is 6.07 Å². The van der Waals surface area contributed by atoms with Crippen molar-refractivity contribution in [2.24, 2.45) is 0 Å². The Kier molecular flexibility index (Phi) is 8.43. The number of carbonyl (C=O) groups excluding carboxylic acids is 1. The van der Waals surface area contributed by atoms with Crippen LogP contribution in [0.15, 0.2) is 46.7 Å². The highest BCUT2D eigenvalue weighted by atomic mass is 32.2.